The van der Waals surface area contributed by atoms with Gasteiger partial charge in [-0.25, -0.2) is 4.98 Å². The second kappa shape index (κ2) is 7.01. The minimum Gasteiger partial charge on any atom is -0.481 e. The first-order chi connectivity index (χ1) is 7.76. The Morgan fingerprint density at radius 1 is 1.62 bits per heavy atom. The van der Waals surface area contributed by atoms with E-state index in [1.165, 1.54) is 5.56 Å². The first kappa shape index (κ1) is 12.7. The SMILES string of the molecule is C=CCCC(C)NCc1ccnc(OC)c1. The van der Waals surface area contributed by atoms with Crippen LogP contribution >= 0.6 is 0 Å². The lowest BCUT2D eigenvalue weighted by Crippen LogP contribution is -2.25. The van der Waals surface area contributed by atoms with Crippen molar-refractivity contribution in [3.8, 4) is 5.88 Å². The lowest BCUT2D eigenvalue weighted by Gasteiger charge is -2.12. The maximum atomic E-state index is 5.07. The average molecular weight is 220 g/mol. The molecule has 0 radical (unpaired) electrons. The highest BCUT2D eigenvalue weighted by Gasteiger charge is 2.01. The summed E-state index contributed by atoms with van der Waals surface area (Å²) in [4.78, 5) is 4.07. The van der Waals surface area contributed by atoms with Gasteiger partial charge in [-0.05, 0) is 31.4 Å². The number of nitrogens with one attached hydrogen (secondary N) is 1. The van der Waals surface area contributed by atoms with Gasteiger partial charge in [0, 0.05) is 24.8 Å². The van der Waals surface area contributed by atoms with E-state index >= 15 is 0 Å². The number of hydrogen-bond donors (Lipinski definition) is 1. The van der Waals surface area contributed by atoms with E-state index in [0.29, 0.717) is 11.9 Å². The lowest BCUT2D eigenvalue weighted by atomic mass is 10.1. The number of aromatic nitrogens is 1. The standard InChI is InChI=1S/C13H20N2O/c1-4-5-6-11(2)15-10-12-7-8-14-13(9-12)16-3/h4,7-9,11,15H,1,5-6,10H2,2-3H3. The predicted octanol–water partition coefficient (Wildman–Crippen LogP) is 2.53. The Bertz CT molecular complexity index is 325. The highest BCUT2D eigenvalue weighted by Crippen LogP contribution is 2.08. The molecule has 0 bridgehead atoms. The monoisotopic (exact) mass is 220 g/mol. The van der Waals surface area contributed by atoms with Gasteiger partial charge in [-0.1, -0.05) is 6.08 Å². The maximum Gasteiger partial charge on any atom is 0.213 e. The van der Waals surface area contributed by atoms with Crippen LogP contribution in [0, 0.1) is 0 Å². The van der Waals surface area contributed by atoms with Gasteiger partial charge in [0.1, 0.15) is 0 Å². The van der Waals surface area contributed by atoms with Crippen LogP contribution in [0.5, 0.6) is 5.88 Å². The topological polar surface area (TPSA) is 34.2 Å². The van der Waals surface area contributed by atoms with Gasteiger partial charge in [-0.15, -0.1) is 6.58 Å². The Hall–Kier alpha value is -1.35. The largest absolute Gasteiger partial charge is 0.481 e. The number of hydrogen-bond acceptors (Lipinski definition) is 3. The highest BCUT2D eigenvalue weighted by atomic mass is 16.5. The van der Waals surface area contributed by atoms with Gasteiger partial charge in [-0.2, -0.15) is 0 Å². The Morgan fingerprint density at radius 2 is 2.44 bits per heavy atom. The third-order valence-electron chi connectivity index (χ3n) is 2.47. The molecule has 1 heterocycles. The summed E-state index contributed by atoms with van der Waals surface area (Å²) in [5.41, 5.74) is 1.19. The zero-order valence-corrected chi connectivity index (χ0v) is 10.1. The summed E-state index contributed by atoms with van der Waals surface area (Å²) in [6.07, 6.45) is 5.89. The highest BCUT2D eigenvalue weighted by molar-refractivity contribution is 5.20. The molecule has 0 spiro atoms. The van der Waals surface area contributed by atoms with Crippen molar-refractivity contribution < 1.29 is 4.74 Å². The third kappa shape index (κ3) is 4.45. The zero-order chi connectivity index (χ0) is 11.8. The van der Waals surface area contributed by atoms with E-state index in [0.717, 1.165) is 19.4 Å². The molecule has 0 aliphatic rings. The molecule has 3 heteroatoms. The summed E-state index contributed by atoms with van der Waals surface area (Å²) in [5.74, 6) is 0.665. The summed E-state index contributed by atoms with van der Waals surface area (Å²) < 4.78 is 5.07. The van der Waals surface area contributed by atoms with E-state index in [1.54, 1.807) is 13.3 Å². The number of ether oxygens (including phenoxy) is 1. The second-order valence-corrected chi connectivity index (χ2v) is 3.85. The van der Waals surface area contributed by atoms with Crippen LogP contribution < -0.4 is 10.1 Å². The van der Waals surface area contributed by atoms with Crippen LogP contribution in [-0.2, 0) is 6.54 Å². The van der Waals surface area contributed by atoms with Gasteiger partial charge >= 0.3 is 0 Å². The van der Waals surface area contributed by atoms with Crippen molar-refractivity contribution in [2.75, 3.05) is 7.11 Å². The second-order valence-electron chi connectivity index (χ2n) is 3.85. The maximum absolute atomic E-state index is 5.07. The Morgan fingerprint density at radius 3 is 3.12 bits per heavy atom. The Labute approximate surface area is 97.5 Å². The molecule has 0 aromatic carbocycles. The van der Waals surface area contributed by atoms with Crippen molar-refractivity contribution in [3.05, 3.63) is 36.5 Å². The van der Waals surface area contributed by atoms with Crippen LogP contribution in [0.15, 0.2) is 31.0 Å². The van der Waals surface area contributed by atoms with Crippen LogP contribution in [-0.4, -0.2) is 18.1 Å². The molecule has 0 amide bonds. The van der Waals surface area contributed by atoms with Crippen LogP contribution in [0.4, 0.5) is 0 Å². The first-order valence-electron chi connectivity index (χ1n) is 5.59. The number of allylic oxidation sites excluding steroid dienone is 1. The van der Waals surface area contributed by atoms with Gasteiger partial charge in [-0.3, -0.25) is 0 Å². The minimum atomic E-state index is 0.497. The molecule has 0 fully saturated rings. The number of nitrogens with zero attached hydrogens (tertiary/aromatic N) is 1. The molecule has 0 aliphatic heterocycles. The molecule has 3 nitrogen and oxygen atoms in total. The summed E-state index contributed by atoms with van der Waals surface area (Å²) in [6.45, 7) is 6.75. The Balaban J connectivity index is 2.38. The fourth-order valence-corrected chi connectivity index (χ4v) is 1.43. The van der Waals surface area contributed by atoms with E-state index in [9.17, 15) is 0 Å². The molecule has 1 aromatic heterocycles. The average Bonchev–Trinajstić information content (AvgIpc) is 2.34. The summed E-state index contributed by atoms with van der Waals surface area (Å²) >= 11 is 0. The normalized spacial score (nSPS) is 12.1. The first-order valence-corrected chi connectivity index (χ1v) is 5.59. The van der Waals surface area contributed by atoms with Crippen molar-refractivity contribution in [2.45, 2.75) is 32.4 Å². The van der Waals surface area contributed by atoms with Crippen molar-refractivity contribution in [2.24, 2.45) is 0 Å². The zero-order valence-electron chi connectivity index (χ0n) is 10.1. The third-order valence-corrected chi connectivity index (χ3v) is 2.47. The fourth-order valence-electron chi connectivity index (χ4n) is 1.43. The van der Waals surface area contributed by atoms with Gasteiger partial charge in [0.05, 0.1) is 7.11 Å². The summed E-state index contributed by atoms with van der Waals surface area (Å²) in [5, 5.41) is 3.45. The number of rotatable bonds is 7. The van der Waals surface area contributed by atoms with Crippen LogP contribution in [0.1, 0.15) is 25.3 Å². The Kier molecular flexibility index (Phi) is 5.57. The van der Waals surface area contributed by atoms with E-state index in [1.807, 2.05) is 18.2 Å². The van der Waals surface area contributed by atoms with E-state index in [-0.39, 0.29) is 0 Å². The van der Waals surface area contributed by atoms with Crippen LogP contribution in [0.3, 0.4) is 0 Å². The molecule has 1 aromatic rings. The van der Waals surface area contributed by atoms with E-state index < -0.39 is 0 Å². The smallest absolute Gasteiger partial charge is 0.213 e. The van der Waals surface area contributed by atoms with Crippen molar-refractivity contribution in [1.82, 2.24) is 10.3 Å². The van der Waals surface area contributed by atoms with Crippen LogP contribution in [0.2, 0.25) is 0 Å². The summed E-state index contributed by atoms with van der Waals surface area (Å²) in [7, 11) is 1.63. The predicted molar refractivity (Wildman–Crippen MR) is 66.5 cm³/mol. The van der Waals surface area contributed by atoms with Gasteiger partial charge in [0.15, 0.2) is 0 Å². The van der Waals surface area contributed by atoms with Crippen LogP contribution in [0.25, 0.3) is 0 Å². The molecular weight excluding hydrogens is 200 g/mol. The van der Waals surface area contributed by atoms with E-state index in [4.69, 9.17) is 4.74 Å². The van der Waals surface area contributed by atoms with Gasteiger partial charge in [0.25, 0.3) is 0 Å². The van der Waals surface area contributed by atoms with Crippen molar-refractivity contribution in [1.29, 1.82) is 0 Å². The van der Waals surface area contributed by atoms with Gasteiger partial charge in [0.2, 0.25) is 5.88 Å². The molecule has 88 valence electrons. The number of pyridine rings is 1. The lowest BCUT2D eigenvalue weighted by molar-refractivity contribution is 0.396. The molecule has 1 unspecified atom stereocenters. The molecular formula is C13H20N2O. The van der Waals surface area contributed by atoms with E-state index in [2.05, 4.69) is 23.8 Å². The van der Waals surface area contributed by atoms with Gasteiger partial charge < -0.3 is 10.1 Å². The molecule has 0 saturated heterocycles. The summed E-state index contributed by atoms with van der Waals surface area (Å²) in [6, 6.07) is 4.44. The van der Waals surface area contributed by atoms with Crippen molar-refractivity contribution in [3.63, 3.8) is 0 Å². The molecule has 0 saturated carbocycles. The fraction of sp³-hybridized carbons (Fsp3) is 0.462. The molecule has 0 aliphatic carbocycles. The molecule has 1 N–H and O–H groups in total. The molecule has 16 heavy (non-hydrogen) atoms. The molecule has 1 rings (SSSR count). The quantitative estimate of drug-likeness (QED) is 0.717. The molecule has 1 atom stereocenters. The minimum absolute atomic E-state index is 0.497. The van der Waals surface area contributed by atoms with Crippen molar-refractivity contribution >= 4 is 0 Å². The number of methoxy groups -OCH3 is 1.